The first-order valence-corrected chi connectivity index (χ1v) is 6.18. The zero-order chi connectivity index (χ0) is 15.1. The first-order chi connectivity index (χ1) is 9.40. The van der Waals surface area contributed by atoms with Crippen molar-refractivity contribution in [1.82, 2.24) is 5.32 Å². The van der Waals surface area contributed by atoms with Gasteiger partial charge in [0.15, 0.2) is 0 Å². The summed E-state index contributed by atoms with van der Waals surface area (Å²) in [7, 11) is 0. The van der Waals surface area contributed by atoms with Crippen molar-refractivity contribution < 1.29 is 24.2 Å². The van der Waals surface area contributed by atoms with Gasteiger partial charge < -0.3 is 15.2 Å². The van der Waals surface area contributed by atoms with Gasteiger partial charge in [-0.1, -0.05) is 18.2 Å². The van der Waals surface area contributed by atoms with Crippen molar-refractivity contribution in [2.45, 2.75) is 32.4 Å². The third kappa shape index (κ3) is 5.09. The largest absolute Gasteiger partial charge is 0.478 e. The lowest BCUT2D eigenvalue weighted by atomic mass is 10.2. The van der Waals surface area contributed by atoms with Crippen molar-refractivity contribution in [2.24, 2.45) is 0 Å². The minimum Gasteiger partial charge on any atom is -0.478 e. The summed E-state index contributed by atoms with van der Waals surface area (Å²) < 4.78 is 4.85. The molecule has 0 radical (unpaired) electrons. The maximum atomic E-state index is 11.7. The van der Waals surface area contributed by atoms with Crippen LogP contribution in [0.2, 0.25) is 0 Å². The number of nitrogens with one attached hydrogen (secondary N) is 1. The van der Waals surface area contributed by atoms with E-state index >= 15 is 0 Å². The van der Waals surface area contributed by atoms with Crippen LogP contribution >= 0.6 is 0 Å². The van der Waals surface area contributed by atoms with Crippen LogP contribution < -0.4 is 5.32 Å². The number of aliphatic carboxylic acids is 1. The van der Waals surface area contributed by atoms with Crippen LogP contribution in [0.3, 0.4) is 0 Å². The lowest BCUT2D eigenvalue weighted by Crippen LogP contribution is -2.37. The van der Waals surface area contributed by atoms with Gasteiger partial charge in [-0.05, 0) is 26.0 Å². The van der Waals surface area contributed by atoms with Gasteiger partial charge in [-0.2, -0.15) is 0 Å². The number of carboxylic acids is 1. The van der Waals surface area contributed by atoms with E-state index in [1.165, 1.54) is 12.1 Å². The summed E-state index contributed by atoms with van der Waals surface area (Å²) >= 11 is 0. The number of amides is 1. The third-order valence-corrected chi connectivity index (χ3v) is 2.35. The average molecular weight is 279 g/mol. The van der Waals surface area contributed by atoms with Gasteiger partial charge in [0, 0.05) is 6.04 Å². The van der Waals surface area contributed by atoms with Crippen molar-refractivity contribution in [3.8, 4) is 0 Å². The van der Waals surface area contributed by atoms with Crippen LogP contribution in [-0.2, 0) is 14.3 Å². The number of rotatable bonds is 6. The molecule has 1 rings (SSSR count). The SMILES string of the molecule is CC(C)NC(=O)CC(OC(=O)c1ccccc1)C(=O)O. The summed E-state index contributed by atoms with van der Waals surface area (Å²) in [5.41, 5.74) is 0.239. The second kappa shape index (κ2) is 7.28. The maximum Gasteiger partial charge on any atom is 0.345 e. The predicted molar refractivity (Wildman–Crippen MR) is 71.2 cm³/mol. The van der Waals surface area contributed by atoms with Crippen molar-refractivity contribution in [2.75, 3.05) is 0 Å². The summed E-state index contributed by atoms with van der Waals surface area (Å²) in [5, 5.41) is 11.5. The van der Waals surface area contributed by atoms with Gasteiger partial charge in [-0.15, -0.1) is 0 Å². The van der Waals surface area contributed by atoms with Crippen LogP contribution in [0.4, 0.5) is 0 Å². The molecule has 1 unspecified atom stereocenters. The van der Waals surface area contributed by atoms with Gasteiger partial charge >= 0.3 is 11.9 Å². The Morgan fingerprint density at radius 3 is 2.30 bits per heavy atom. The van der Waals surface area contributed by atoms with Gasteiger partial charge in [0.25, 0.3) is 0 Å². The Morgan fingerprint density at radius 2 is 1.80 bits per heavy atom. The molecule has 0 aromatic heterocycles. The Hall–Kier alpha value is -2.37. The van der Waals surface area contributed by atoms with E-state index in [0.29, 0.717) is 0 Å². The highest BCUT2D eigenvalue weighted by Gasteiger charge is 2.26. The molecule has 0 bridgehead atoms. The number of benzene rings is 1. The fourth-order valence-electron chi connectivity index (χ4n) is 1.50. The molecular weight excluding hydrogens is 262 g/mol. The Labute approximate surface area is 116 Å². The maximum absolute atomic E-state index is 11.7. The summed E-state index contributed by atoms with van der Waals surface area (Å²) in [5.74, 6) is -2.60. The minimum absolute atomic E-state index is 0.109. The molecule has 108 valence electrons. The van der Waals surface area contributed by atoms with E-state index in [4.69, 9.17) is 9.84 Å². The number of ether oxygens (including phenoxy) is 1. The summed E-state index contributed by atoms with van der Waals surface area (Å²) in [4.78, 5) is 34.3. The summed E-state index contributed by atoms with van der Waals surface area (Å²) in [6.45, 7) is 3.51. The first kappa shape index (κ1) is 15.7. The van der Waals surface area contributed by atoms with Gasteiger partial charge in [0.2, 0.25) is 12.0 Å². The highest BCUT2D eigenvalue weighted by molar-refractivity contribution is 5.92. The zero-order valence-electron chi connectivity index (χ0n) is 11.3. The molecule has 0 fully saturated rings. The van der Waals surface area contributed by atoms with Crippen LogP contribution in [0.1, 0.15) is 30.6 Å². The number of carbonyl (C=O) groups is 3. The molecule has 6 heteroatoms. The quantitative estimate of drug-likeness (QED) is 0.763. The summed E-state index contributed by atoms with van der Waals surface area (Å²) in [6, 6.07) is 7.91. The molecular formula is C14H17NO5. The van der Waals surface area contributed by atoms with Gasteiger partial charge in [-0.25, -0.2) is 9.59 Å². The number of carbonyl (C=O) groups excluding carboxylic acids is 2. The minimum atomic E-state index is -1.50. The van der Waals surface area contributed by atoms with Crippen molar-refractivity contribution in [3.05, 3.63) is 35.9 Å². The number of hydrogen-bond acceptors (Lipinski definition) is 4. The molecule has 0 heterocycles. The lowest BCUT2D eigenvalue weighted by Gasteiger charge is -2.15. The predicted octanol–water partition coefficient (Wildman–Crippen LogP) is 1.21. The van der Waals surface area contributed by atoms with Crippen LogP contribution in [0, 0.1) is 0 Å². The molecule has 0 aliphatic heterocycles. The Balaban J connectivity index is 2.66. The van der Waals surface area contributed by atoms with E-state index in [1.54, 1.807) is 32.0 Å². The molecule has 2 N–H and O–H groups in total. The van der Waals surface area contributed by atoms with Gasteiger partial charge in [0.05, 0.1) is 12.0 Å². The van der Waals surface area contributed by atoms with E-state index < -0.39 is 30.4 Å². The summed E-state index contributed by atoms with van der Waals surface area (Å²) in [6.07, 6.45) is -1.91. The highest BCUT2D eigenvalue weighted by Crippen LogP contribution is 2.07. The molecule has 0 spiro atoms. The first-order valence-electron chi connectivity index (χ1n) is 6.18. The van der Waals surface area contributed by atoms with Crippen molar-refractivity contribution in [3.63, 3.8) is 0 Å². The lowest BCUT2D eigenvalue weighted by molar-refractivity contribution is -0.149. The Bertz CT molecular complexity index is 484. The van der Waals surface area contributed by atoms with E-state index in [0.717, 1.165) is 0 Å². The van der Waals surface area contributed by atoms with E-state index in [9.17, 15) is 14.4 Å². The van der Waals surface area contributed by atoms with Crippen molar-refractivity contribution in [1.29, 1.82) is 0 Å². The molecule has 6 nitrogen and oxygen atoms in total. The van der Waals surface area contributed by atoms with Crippen LogP contribution in [-0.4, -0.2) is 35.1 Å². The van der Waals surface area contributed by atoms with Crippen LogP contribution in [0.15, 0.2) is 30.3 Å². The number of carboxylic acid groups (broad SMARTS) is 1. The topological polar surface area (TPSA) is 92.7 Å². The zero-order valence-corrected chi connectivity index (χ0v) is 11.3. The monoisotopic (exact) mass is 279 g/mol. The smallest absolute Gasteiger partial charge is 0.345 e. The molecule has 0 saturated carbocycles. The molecule has 20 heavy (non-hydrogen) atoms. The van der Waals surface area contributed by atoms with Crippen LogP contribution in [0.25, 0.3) is 0 Å². The normalized spacial score (nSPS) is 11.8. The molecule has 0 aliphatic carbocycles. The standard InChI is InChI=1S/C14H17NO5/c1-9(2)15-12(16)8-11(13(17)18)20-14(19)10-6-4-3-5-7-10/h3-7,9,11H,8H2,1-2H3,(H,15,16)(H,17,18). The van der Waals surface area contributed by atoms with Crippen molar-refractivity contribution >= 4 is 17.8 Å². The highest BCUT2D eigenvalue weighted by atomic mass is 16.6. The number of hydrogen-bond donors (Lipinski definition) is 2. The fraction of sp³-hybridized carbons (Fsp3) is 0.357. The molecule has 1 atom stereocenters. The molecule has 0 saturated heterocycles. The molecule has 1 aromatic rings. The second-order valence-electron chi connectivity index (χ2n) is 4.52. The Morgan fingerprint density at radius 1 is 1.20 bits per heavy atom. The number of esters is 1. The van der Waals surface area contributed by atoms with Gasteiger partial charge in [-0.3, -0.25) is 4.79 Å². The fourth-order valence-corrected chi connectivity index (χ4v) is 1.50. The van der Waals surface area contributed by atoms with E-state index in [1.807, 2.05) is 0 Å². The van der Waals surface area contributed by atoms with E-state index in [-0.39, 0.29) is 11.6 Å². The average Bonchev–Trinajstić information content (AvgIpc) is 2.37. The second-order valence-corrected chi connectivity index (χ2v) is 4.52. The molecule has 1 aromatic carbocycles. The van der Waals surface area contributed by atoms with E-state index in [2.05, 4.69) is 5.32 Å². The molecule has 0 aliphatic rings. The Kier molecular flexibility index (Phi) is 5.71. The third-order valence-electron chi connectivity index (χ3n) is 2.35. The molecule has 1 amide bonds. The van der Waals surface area contributed by atoms with Crippen LogP contribution in [0.5, 0.6) is 0 Å². The van der Waals surface area contributed by atoms with Gasteiger partial charge in [0.1, 0.15) is 0 Å².